The molecule has 34 heavy (non-hydrogen) atoms. The molecular weight excluding hydrogens is 431 g/mol. The van der Waals surface area contributed by atoms with Gasteiger partial charge < -0.3 is 14.6 Å². The van der Waals surface area contributed by atoms with Gasteiger partial charge in [-0.2, -0.15) is 0 Å². The number of carbonyl (C=O) groups excluding carboxylic acids is 1. The van der Waals surface area contributed by atoms with Gasteiger partial charge in [0, 0.05) is 53.7 Å². The number of H-pyrrole nitrogens is 1. The molecule has 2 aromatic heterocycles. The zero-order valence-electron chi connectivity index (χ0n) is 19.3. The zero-order chi connectivity index (χ0) is 23.7. The number of nitrogens with one attached hydrogen (secondary N) is 1. The van der Waals surface area contributed by atoms with Crippen LogP contribution in [-0.4, -0.2) is 46.0 Å². The maximum absolute atomic E-state index is 13.7. The van der Waals surface area contributed by atoms with Crippen LogP contribution >= 0.6 is 0 Å². The first-order valence-corrected chi connectivity index (χ1v) is 11.5. The van der Waals surface area contributed by atoms with E-state index in [4.69, 9.17) is 4.74 Å². The minimum atomic E-state index is -0.332. The summed E-state index contributed by atoms with van der Waals surface area (Å²) >= 11 is 0. The molecule has 5 rings (SSSR count). The summed E-state index contributed by atoms with van der Waals surface area (Å²) in [5.74, 6) is 0.900. The Hall–Kier alpha value is -3.74. The molecule has 174 valence electrons. The molecule has 0 radical (unpaired) electrons. The number of rotatable bonds is 8. The molecule has 0 spiro atoms. The van der Waals surface area contributed by atoms with Crippen molar-refractivity contribution in [3.8, 4) is 17.0 Å². The molecule has 1 amide bonds. The third kappa shape index (κ3) is 4.38. The Morgan fingerprint density at radius 3 is 2.65 bits per heavy atom. The van der Waals surface area contributed by atoms with E-state index in [9.17, 15) is 9.18 Å². The van der Waals surface area contributed by atoms with Gasteiger partial charge in [0.1, 0.15) is 17.3 Å². The summed E-state index contributed by atoms with van der Waals surface area (Å²) in [6.45, 7) is 3.32. The Kier molecular flexibility index (Phi) is 6.01. The van der Waals surface area contributed by atoms with E-state index in [0.717, 1.165) is 40.6 Å². The summed E-state index contributed by atoms with van der Waals surface area (Å²) in [4.78, 5) is 27.7. The van der Waals surface area contributed by atoms with Gasteiger partial charge in [-0.25, -0.2) is 9.37 Å². The molecule has 1 aliphatic carbocycles. The lowest BCUT2D eigenvalue weighted by Crippen LogP contribution is -2.35. The average molecular weight is 459 g/mol. The topological polar surface area (TPSA) is 71.1 Å². The second-order valence-corrected chi connectivity index (χ2v) is 8.83. The molecular formula is C27H27FN4O2. The largest absolute Gasteiger partial charge is 0.496 e. The van der Waals surface area contributed by atoms with Gasteiger partial charge in [-0.15, -0.1) is 0 Å². The molecule has 0 aliphatic heterocycles. The average Bonchev–Trinajstić information content (AvgIpc) is 3.59. The van der Waals surface area contributed by atoms with Gasteiger partial charge in [-0.05, 0) is 74.1 Å². The van der Waals surface area contributed by atoms with Crippen molar-refractivity contribution in [3.05, 3.63) is 77.6 Å². The number of benzene rings is 2. The molecule has 0 unspecified atom stereocenters. The number of aromatic nitrogens is 3. The number of aromatic amines is 1. The molecule has 7 heteroatoms. The Morgan fingerprint density at radius 1 is 1.15 bits per heavy atom. The molecule has 0 bridgehead atoms. The smallest absolute Gasteiger partial charge is 0.274 e. The number of ether oxygens (including phenoxy) is 1. The van der Waals surface area contributed by atoms with E-state index in [1.807, 2.05) is 23.2 Å². The van der Waals surface area contributed by atoms with Crippen molar-refractivity contribution in [1.82, 2.24) is 19.9 Å². The lowest BCUT2D eigenvalue weighted by molar-refractivity contribution is 0.0744. The summed E-state index contributed by atoms with van der Waals surface area (Å²) in [6.07, 6.45) is 8.09. The standard InChI is InChI=1S/C27H27FN4O2/c1-17-23(34-2)10-9-22-24(17)20(15-31-22)11-14-32(16-18-3-4-18)27(33)26-25(29-12-13-30-26)19-5-7-21(28)8-6-19/h5-10,12-13,15,18,31H,3-4,11,14,16H2,1-2H3. The fourth-order valence-corrected chi connectivity index (χ4v) is 4.49. The van der Waals surface area contributed by atoms with Crippen LogP contribution in [0.4, 0.5) is 4.39 Å². The van der Waals surface area contributed by atoms with Crippen LogP contribution in [0.25, 0.3) is 22.2 Å². The van der Waals surface area contributed by atoms with Crippen LogP contribution < -0.4 is 4.74 Å². The zero-order valence-corrected chi connectivity index (χ0v) is 19.3. The summed E-state index contributed by atoms with van der Waals surface area (Å²) in [5.41, 5.74) is 4.73. The Bertz CT molecular complexity index is 1330. The van der Waals surface area contributed by atoms with Crippen LogP contribution in [0.2, 0.25) is 0 Å². The molecule has 6 nitrogen and oxygen atoms in total. The first-order valence-electron chi connectivity index (χ1n) is 11.5. The number of amides is 1. The van der Waals surface area contributed by atoms with E-state index in [1.54, 1.807) is 25.4 Å². The molecule has 1 fully saturated rings. The number of carbonyl (C=O) groups is 1. The van der Waals surface area contributed by atoms with Gasteiger partial charge in [0.25, 0.3) is 5.91 Å². The highest BCUT2D eigenvalue weighted by molar-refractivity contribution is 5.98. The predicted molar refractivity (Wildman–Crippen MR) is 129 cm³/mol. The number of fused-ring (bicyclic) bond motifs is 1. The minimum Gasteiger partial charge on any atom is -0.496 e. The van der Waals surface area contributed by atoms with E-state index < -0.39 is 0 Å². The van der Waals surface area contributed by atoms with Gasteiger partial charge in [0.05, 0.1) is 7.11 Å². The molecule has 2 heterocycles. The predicted octanol–water partition coefficient (Wildman–Crippen LogP) is 5.18. The molecule has 2 aromatic carbocycles. The number of halogens is 1. The number of hydrogen-bond donors (Lipinski definition) is 1. The van der Waals surface area contributed by atoms with E-state index in [1.165, 1.54) is 18.3 Å². The number of nitrogens with zero attached hydrogens (tertiary/aromatic N) is 3. The molecule has 0 saturated heterocycles. The molecule has 4 aromatic rings. The van der Waals surface area contributed by atoms with Crippen LogP contribution in [0.15, 0.2) is 55.0 Å². The van der Waals surface area contributed by atoms with Crippen molar-refractivity contribution in [2.75, 3.05) is 20.2 Å². The lowest BCUT2D eigenvalue weighted by Gasteiger charge is -2.23. The van der Waals surface area contributed by atoms with Crippen molar-refractivity contribution in [1.29, 1.82) is 0 Å². The van der Waals surface area contributed by atoms with Crippen LogP contribution in [0, 0.1) is 18.7 Å². The van der Waals surface area contributed by atoms with Gasteiger partial charge in [-0.1, -0.05) is 0 Å². The molecule has 1 saturated carbocycles. The highest BCUT2D eigenvalue weighted by Gasteiger charge is 2.29. The SMILES string of the molecule is COc1ccc2[nH]cc(CCN(CC3CC3)C(=O)c3nccnc3-c3ccc(F)cc3)c2c1C. The van der Waals surface area contributed by atoms with Gasteiger partial charge in [0.2, 0.25) is 0 Å². The van der Waals surface area contributed by atoms with Crippen LogP contribution in [0.5, 0.6) is 5.75 Å². The Balaban J connectivity index is 1.43. The van der Waals surface area contributed by atoms with E-state index in [0.29, 0.717) is 42.4 Å². The molecule has 0 atom stereocenters. The second-order valence-electron chi connectivity index (χ2n) is 8.83. The van der Waals surface area contributed by atoms with E-state index in [-0.39, 0.29) is 11.7 Å². The summed E-state index contributed by atoms with van der Waals surface area (Å²) in [6, 6.07) is 9.98. The van der Waals surface area contributed by atoms with Crippen molar-refractivity contribution in [2.45, 2.75) is 26.2 Å². The Morgan fingerprint density at radius 2 is 1.91 bits per heavy atom. The van der Waals surface area contributed by atoms with Crippen LogP contribution in [0.1, 0.15) is 34.5 Å². The molecule has 1 aliphatic rings. The first-order chi connectivity index (χ1) is 16.5. The van der Waals surface area contributed by atoms with Crippen molar-refractivity contribution < 1.29 is 13.9 Å². The third-order valence-corrected chi connectivity index (χ3v) is 6.49. The van der Waals surface area contributed by atoms with Gasteiger partial charge in [-0.3, -0.25) is 9.78 Å². The maximum Gasteiger partial charge on any atom is 0.274 e. The van der Waals surface area contributed by atoms with Crippen molar-refractivity contribution >= 4 is 16.8 Å². The quantitative estimate of drug-likeness (QED) is 0.395. The number of aryl methyl sites for hydroxylation is 1. The van der Waals surface area contributed by atoms with E-state index >= 15 is 0 Å². The van der Waals surface area contributed by atoms with Crippen LogP contribution in [0.3, 0.4) is 0 Å². The third-order valence-electron chi connectivity index (χ3n) is 6.49. The lowest BCUT2D eigenvalue weighted by atomic mass is 10.0. The summed E-state index contributed by atoms with van der Waals surface area (Å²) < 4.78 is 18.9. The van der Waals surface area contributed by atoms with Crippen molar-refractivity contribution in [2.24, 2.45) is 5.92 Å². The summed E-state index contributed by atoms with van der Waals surface area (Å²) in [7, 11) is 1.68. The van der Waals surface area contributed by atoms with Crippen LogP contribution in [-0.2, 0) is 6.42 Å². The maximum atomic E-state index is 13.7. The summed E-state index contributed by atoms with van der Waals surface area (Å²) in [5, 5.41) is 1.14. The Labute approximate surface area is 197 Å². The number of methoxy groups -OCH3 is 1. The fourth-order valence-electron chi connectivity index (χ4n) is 4.49. The second kappa shape index (κ2) is 9.25. The highest BCUT2D eigenvalue weighted by Crippen LogP contribution is 2.32. The van der Waals surface area contributed by atoms with Gasteiger partial charge >= 0.3 is 0 Å². The van der Waals surface area contributed by atoms with Crippen molar-refractivity contribution in [3.63, 3.8) is 0 Å². The highest BCUT2D eigenvalue weighted by atomic mass is 19.1. The first kappa shape index (κ1) is 22.1. The van der Waals surface area contributed by atoms with Gasteiger partial charge in [0.15, 0.2) is 5.69 Å². The monoisotopic (exact) mass is 458 g/mol. The fraction of sp³-hybridized carbons (Fsp3) is 0.296. The number of hydrogen-bond acceptors (Lipinski definition) is 4. The normalized spacial score (nSPS) is 13.3. The minimum absolute atomic E-state index is 0.145. The molecule has 1 N–H and O–H groups in total. The van der Waals surface area contributed by atoms with E-state index in [2.05, 4.69) is 21.9 Å².